The topological polar surface area (TPSA) is 26.0 Å². The Labute approximate surface area is 98.7 Å². The van der Waals surface area contributed by atoms with Gasteiger partial charge in [-0.2, -0.15) is 0 Å². The van der Waals surface area contributed by atoms with E-state index in [1.807, 2.05) is 6.08 Å². The van der Waals surface area contributed by atoms with Gasteiger partial charge in [0, 0.05) is 0 Å². The first kappa shape index (κ1) is 12.6. The highest BCUT2D eigenvalue weighted by Crippen LogP contribution is 2.04. The van der Waals surface area contributed by atoms with Crippen molar-refractivity contribution in [2.75, 3.05) is 0 Å². The molecule has 0 aliphatic heterocycles. The molecule has 0 saturated carbocycles. The molecular formula is C15H21N. The molecule has 0 heterocycles. The molecule has 0 unspecified atom stereocenters. The fourth-order valence-electron chi connectivity index (χ4n) is 1.58. The van der Waals surface area contributed by atoms with Gasteiger partial charge in [-0.15, -0.1) is 0 Å². The molecule has 1 nitrogen and oxygen atoms in total. The number of nitrogens with two attached hydrogens (primary N) is 1. The van der Waals surface area contributed by atoms with Crippen molar-refractivity contribution in [1.29, 1.82) is 0 Å². The van der Waals surface area contributed by atoms with E-state index in [2.05, 4.69) is 42.5 Å². The van der Waals surface area contributed by atoms with Crippen LogP contribution in [0.5, 0.6) is 0 Å². The van der Waals surface area contributed by atoms with E-state index in [-0.39, 0.29) is 0 Å². The van der Waals surface area contributed by atoms with Crippen molar-refractivity contribution < 1.29 is 0 Å². The minimum Gasteiger partial charge on any atom is -0.405 e. The van der Waals surface area contributed by atoms with Gasteiger partial charge in [0.2, 0.25) is 0 Å². The molecule has 0 aliphatic rings. The molecule has 86 valence electrons. The van der Waals surface area contributed by atoms with Crippen molar-refractivity contribution in [2.45, 2.75) is 32.1 Å². The molecule has 0 fully saturated rings. The lowest BCUT2D eigenvalue weighted by atomic mass is 10.1. The van der Waals surface area contributed by atoms with Crippen LogP contribution in [0.15, 0.2) is 54.8 Å². The molecule has 0 amide bonds. The largest absolute Gasteiger partial charge is 0.405 e. The smallest absolute Gasteiger partial charge is 0.0103 e. The molecular weight excluding hydrogens is 194 g/mol. The Morgan fingerprint density at radius 3 is 2.31 bits per heavy atom. The summed E-state index contributed by atoms with van der Waals surface area (Å²) in [6.07, 6.45) is 13.9. The van der Waals surface area contributed by atoms with Crippen molar-refractivity contribution in [3.05, 3.63) is 60.3 Å². The van der Waals surface area contributed by atoms with E-state index < -0.39 is 0 Å². The second-order valence-electron chi connectivity index (χ2n) is 3.85. The van der Waals surface area contributed by atoms with Gasteiger partial charge in [-0.1, -0.05) is 48.6 Å². The molecule has 0 radical (unpaired) electrons. The molecule has 1 rings (SSSR count). The molecule has 16 heavy (non-hydrogen) atoms. The van der Waals surface area contributed by atoms with Gasteiger partial charge in [-0.3, -0.25) is 0 Å². The Balaban J connectivity index is 2.05. The van der Waals surface area contributed by atoms with Crippen molar-refractivity contribution in [3.8, 4) is 0 Å². The molecule has 0 aliphatic carbocycles. The van der Waals surface area contributed by atoms with E-state index in [0.717, 1.165) is 25.7 Å². The highest BCUT2D eigenvalue weighted by molar-refractivity contribution is 5.15. The second kappa shape index (κ2) is 8.78. The Bertz CT molecular complexity index is 311. The van der Waals surface area contributed by atoms with Crippen LogP contribution in [0.2, 0.25) is 0 Å². The molecule has 0 saturated heterocycles. The van der Waals surface area contributed by atoms with Gasteiger partial charge in [0.05, 0.1) is 0 Å². The standard InChI is InChI=1S/C15H21N/c16-14-10-5-3-1-2-4-7-11-15-12-8-6-9-13-15/h2,4,6,8-10,12-14H,1,3,5,7,11,16H2. The number of allylic oxidation sites excluding steroid dienone is 3. The Kier molecular flexibility index (Phi) is 6.90. The number of aryl methyl sites for hydroxylation is 1. The predicted molar refractivity (Wildman–Crippen MR) is 71.1 cm³/mol. The number of benzene rings is 1. The second-order valence-corrected chi connectivity index (χ2v) is 3.85. The molecule has 1 heteroatoms. The third-order valence-corrected chi connectivity index (χ3v) is 2.49. The van der Waals surface area contributed by atoms with Crippen molar-refractivity contribution in [1.82, 2.24) is 0 Å². The van der Waals surface area contributed by atoms with Gasteiger partial charge >= 0.3 is 0 Å². The Hall–Kier alpha value is -1.50. The molecule has 0 spiro atoms. The maximum atomic E-state index is 5.26. The molecule has 2 N–H and O–H groups in total. The minimum atomic E-state index is 1.08. The molecule has 1 aromatic rings. The van der Waals surface area contributed by atoms with Crippen LogP contribution in [-0.4, -0.2) is 0 Å². The SMILES string of the molecule is NC=CCCCC=CCCc1ccccc1. The van der Waals surface area contributed by atoms with Gasteiger partial charge in [0.25, 0.3) is 0 Å². The Morgan fingerprint density at radius 2 is 1.56 bits per heavy atom. The van der Waals surface area contributed by atoms with E-state index in [1.165, 1.54) is 12.0 Å². The van der Waals surface area contributed by atoms with Crippen LogP contribution in [-0.2, 0) is 6.42 Å². The lowest BCUT2D eigenvalue weighted by molar-refractivity contribution is 0.860. The molecule has 0 bridgehead atoms. The summed E-state index contributed by atoms with van der Waals surface area (Å²) in [6, 6.07) is 10.6. The van der Waals surface area contributed by atoms with Crippen molar-refractivity contribution in [3.63, 3.8) is 0 Å². The summed E-state index contributed by atoms with van der Waals surface area (Å²) >= 11 is 0. The lowest BCUT2D eigenvalue weighted by Crippen LogP contribution is -1.81. The maximum Gasteiger partial charge on any atom is -0.0103 e. The van der Waals surface area contributed by atoms with Crippen LogP contribution in [0.25, 0.3) is 0 Å². The predicted octanol–water partition coefficient (Wildman–Crippen LogP) is 3.82. The third-order valence-electron chi connectivity index (χ3n) is 2.49. The van der Waals surface area contributed by atoms with Crippen molar-refractivity contribution in [2.24, 2.45) is 5.73 Å². The zero-order valence-corrected chi connectivity index (χ0v) is 9.81. The number of hydrogen-bond donors (Lipinski definition) is 1. The van der Waals surface area contributed by atoms with Crippen LogP contribution in [0.1, 0.15) is 31.2 Å². The molecule has 0 atom stereocenters. The van der Waals surface area contributed by atoms with Crippen LogP contribution < -0.4 is 5.73 Å². The Morgan fingerprint density at radius 1 is 0.875 bits per heavy atom. The number of hydrogen-bond acceptors (Lipinski definition) is 1. The summed E-state index contributed by atoms with van der Waals surface area (Å²) in [5, 5.41) is 0. The molecule has 0 aromatic heterocycles. The zero-order chi connectivity index (χ0) is 11.5. The van der Waals surface area contributed by atoms with Gasteiger partial charge in [0.15, 0.2) is 0 Å². The van der Waals surface area contributed by atoms with E-state index >= 15 is 0 Å². The maximum absolute atomic E-state index is 5.26. The first-order chi connectivity index (χ1) is 7.93. The van der Waals surface area contributed by atoms with Gasteiger partial charge in [0.1, 0.15) is 0 Å². The summed E-state index contributed by atoms with van der Waals surface area (Å²) in [4.78, 5) is 0. The summed E-state index contributed by atoms with van der Waals surface area (Å²) < 4.78 is 0. The summed E-state index contributed by atoms with van der Waals surface area (Å²) in [5.41, 5.74) is 6.67. The third kappa shape index (κ3) is 6.07. The highest BCUT2D eigenvalue weighted by Gasteiger charge is 1.87. The lowest BCUT2D eigenvalue weighted by Gasteiger charge is -1.96. The quantitative estimate of drug-likeness (QED) is 0.543. The number of rotatable bonds is 7. The zero-order valence-electron chi connectivity index (χ0n) is 9.81. The van der Waals surface area contributed by atoms with Gasteiger partial charge in [-0.25, -0.2) is 0 Å². The van der Waals surface area contributed by atoms with Crippen LogP contribution in [0.4, 0.5) is 0 Å². The summed E-state index contributed by atoms with van der Waals surface area (Å²) in [6.45, 7) is 0. The highest BCUT2D eigenvalue weighted by atomic mass is 14.5. The van der Waals surface area contributed by atoms with Gasteiger partial charge in [-0.05, 0) is 43.9 Å². The van der Waals surface area contributed by atoms with E-state index in [4.69, 9.17) is 5.73 Å². The average Bonchev–Trinajstić information content (AvgIpc) is 2.34. The fraction of sp³-hybridized carbons (Fsp3) is 0.333. The first-order valence-corrected chi connectivity index (χ1v) is 5.99. The van der Waals surface area contributed by atoms with Gasteiger partial charge < -0.3 is 5.73 Å². The van der Waals surface area contributed by atoms with Crippen LogP contribution >= 0.6 is 0 Å². The first-order valence-electron chi connectivity index (χ1n) is 5.99. The van der Waals surface area contributed by atoms with E-state index in [9.17, 15) is 0 Å². The summed E-state index contributed by atoms with van der Waals surface area (Å²) in [7, 11) is 0. The van der Waals surface area contributed by atoms with Crippen molar-refractivity contribution >= 4 is 0 Å². The molecule has 1 aromatic carbocycles. The fourth-order valence-corrected chi connectivity index (χ4v) is 1.58. The summed E-state index contributed by atoms with van der Waals surface area (Å²) in [5.74, 6) is 0. The monoisotopic (exact) mass is 215 g/mol. The van der Waals surface area contributed by atoms with E-state index in [1.54, 1.807) is 6.20 Å². The number of unbranched alkanes of at least 4 members (excludes halogenated alkanes) is 2. The minimum absolute atomic E-state index is 1.08. The van der Waals surface area contributed by atoms with Crippen LogP contribution in [0, 0.1) is 0 Å². The average molecular weight is 215 g/mol. The normalized spacial score (nSPS) is 11.5. The van der Waals surface area contributed by atoms with E-state index in [0.29, 0.717) is 0 Å². The van der Waals surface area contributed by atoms with Crippen LogP contribution in [0.3, 0.4) is 0 Å².